The highest BCUT2D eigenvalue weighted by atomic mass is 16.5. The minimum atomic E-state index is -0.858. The van der Waals surface area contributed by atoms with Gasteiger partial charge in [-0.15, -0.1) is 0 Å². The highest BCUT2D eigenvalue weighted by Crippen LogP contribution is 2.29. The van der Waals surface area contributed by atoms with Gasteiger partial charge in [-0.3, -0.25) is 14.5 Å². The van der Waals surface area contributed by atoms with E-state index in [1.165, 1.54) is 6.42 Å². The molecule has 1 amide bonds. The fourth-order valence-electron chi connectivity index (χ4n) is 5.81. The van der Waals surface area contributed by atoms with Crippen molar-refractivity contribution in [3.05, 3.63) is 65.5 Å². The fourth-order valence-corrected chi connectivity index (χ4v) is 5.81. The normalized spacial score (nSPS) is 14.0. The number of methoxy groups -OCH3 is 1. The van der Waals surface area contributed by atoms with Crippen molar-refractivity contribution >= 4 is 39.6 Å². The maximum absolute atomic E-state index is 13.6. The molecule has 0 saturated carbocycles. The third-order valence-corrected chi connectivity index (χ3v) is 7.94. The molecule has 0 radical (unpaired) electrons. The number of nitrogen functional groups attached to an aromatic ring is 1. The molecule has 0 spiro atoms. The number of para-hydroxylation sites is 1. The van der Waals surface area contributed by atoms with E-state index in [0.717, 1.165) is 65.7 Å². The summed E-state index contributed by atoms with van der Waals surface area (Å²) in [5, 5.41) is 10.1. The highest BCUT2D eigenvalue weighted by molar-refractivity contribution is 6.06. The Balaban J connectivity index is 1.38. The SMILES string of the molecule is COCCc1nc2c(N)nc3ccccc3c2n1CCCN(Cc1ccc(CC(=O)O)cc1)C(=O)CN1CCCCC1. The Morgan fingerprint density at radius 2 is 1.76 bits per heavy atom. The summed E-state index contributed by atoms with van der Waals surface area (Å²) < 4.78 is 7.58. The van der Waals surface area contributed by atoms with Crippen molar-refractivity contribution < 1.29 is 19.4 Å². The van der Waals surface area contributed by atoms with E-state index in [2.05, 4.69) is 14.5 Å². The lowest BCUT2D eigenvalue weighted by Crippen LogP contribution is -2.42. The fraction of sp³-hybridized carbons (Fsp3) is 0.438. The van der Waals surface area contributed by atoms with Gasteiger partial charge in [-0.25, -0.2) is 9.97 Å². The van der Waals surface area contributed by atoms with Crippen molar-refractivity contribution in [2.75, 3.05) is 45.6 Å². The summed E-state index contributed by atoms with van der Waals surface area (Å²) in [4.78, 5) is 38.3. The summed E-state index contributed by atoms with van der Waals surface area (Å²) >= 11 is 0. The van der Waals surface area contributed by atoms with Crippen molar-refractivity contribution in [3.8, 4) is 0 Å². The average Bonchev–Trinajstić information content (AvgIpc) is 3.36. The quantitative estimate of drug-likeness (QED) is 0.247. The van der Waals surface area contributed by atoms with Crippen LogP contribution in [0.1, 0.15) is 42.6 Å². The molecule has 10 heteroatoms. The van der Waals surface area contributed by atoms with Gasteiger partial charge in [-0.1, -0.05) is 48.9 Å². The summed E-state index contributed by atoms with van der Waals surface area (Å²) in [7, 11) is 1.68. The Morgan fingerprint density at radius 3 is 2.50 bits per heavy atom. The van der Waals surface area contributed by atoms with Crippen molar-refractivity contribution in [1.29, 1.82) is 0 Å². The van der Waals surface area contributed by atoms with Crippen LogP contribution in [-0.4, -0.2) is 81.2 Å². The maximum Gasteiger partial charge on any atom is 0.307 e. The Bertz CT molecular complexity index is 1530. The topological polar surface area (TPSA) is 127 Å². The smallest absolute Gasteiger partial charge is 0.307 e. The molecule has 0 unspecified atom stereocenters. The Hall–Kier alpha value is -4.02. The number of nitrogens with zero attached hydrogens (tertiary/aromatic N) is 5. The second-order valence-corrected chi connectivity index (χ2v) is 11.0. The number of carboxylic acids is 1. The van der Waals surface area contributed by atoms with Crippen molar-refractivity contribution in [1.82, 2.24) is 24.3 Å². The lowest BCUT2D eigenvalue weighted by Gasteiger charge is -2.30. The summed E-state index contributed by atoms with van der Waals surface area (Å²) in [6.07, 6.45) is 4.82. The number of aromatic nitrogens is 3. The molecule has 1 aliphatic heterocycles. The lowest BCUT2D eigenvalue weighted by atomic mass is 10.1. The third-order valence-electron chi connectivity index (χ3n) is 7.94. The van der Waals surface area contributed by atoms with Crippen LogP contribution < -0.4 is 5.73 Å². The predicted molar refractivity (Wildman–Crippen MR) is 163 cm³/mol. The second kappa shape index (κ2) is 13.8. The molecule has 2 aromatic heterocycles. The van der Waals surface area contributed by atoms with Gasteiger partial charge in [0.05, 0.1) is 30.6 Å². The van der Waals surface area contributed by atoms with Gasteiger partial charge in [0.2, 0.25) is 5.91 Å². The number of rotatable bonds is 13. The summed E-state index contributed by atoms with van der Waals surface area (Å²) in [5.41, 5.74) is 10.6. The summed E-state index contributed by atoms with van der Waals surface area (Å²) in [5.74, 6) is 0.548. The van der Waals surface area contributed by atoms with Gasteiger partial charge in [0, 0.05) is 38.6 Å². The van der Waals surface area contributed by atoms with Crippen molar-refractivity contribution in [3.63, 3.8) is 0 Å². The number of benzene rings is 2. The third kappa shape index (κ3) is 7.06. The first-order valence-electron chi connectivity index (χ1n) is 14.7. The number of anilines is 1. The van der Waals surface area contributed by atoms with Gasteiger partial charge in [-0.05, 0) is 49.5 Å². The van der Waals surface area contributed by atoms with Gasteiger partial charge < -0.3 is 25.0 Å². The van der Waals surface area contributed by atoms with E-state index in [-0.39, 0.29) is 12.3 Å². The Labute approximate surface area is 246 Å². The van der Waals surface area contributed by atoms with Gasteiger partial charge in [0.25, 0.3) is 0 Å². The van der Waals surface area contributed by atoms with Crippen LogP contribution in [0.5, 0.6) is 0 Å². The van der Waals surface area contributed by atoms with Gasteiger partial charge in [-0.2, -0.15) is 0 Å². The van der Waals surface area contributed by atoms with Crippen molar-refractivity contribution in [2.45, 2.75) is 51.6 Å². The molecular weight excluding hydrogens is 532 g/mol. The molecule has 42 heavy (non-hydrogen) atoms. The van der Waals surface area contributed by atoms with Crippen LogP contribution in [0.25, 0.3) is 21.9 Å². The van der Waals surface area contributed by atoms with E-state index in [0.29, 0.717) is 50.5 Å². The zero-order chi connectivity index (χ0) is 29.5. The molecule has 0 bridgehead atoms. The number of hydrogen-bond acceptors (Lipinski definition) is 7. The molecule has 10 nitrogen and oxygen atoms in total. The number of amides is 1. The number of aryl methyl sites for hydroxylation is 1. The number of carbonyl (C=O) groups is 2. The van der Waals surface area contributed by atoms with E-state index in [9.17, 15) is 9.59 Å². The Kier molecular flexibility index (Phi) is 9.66. The molecule has 1 aliphatic rings. The van der Waals surface area contributed by atoms with E-state index in [1.54, 1.807) is 7.11 Å². The molecule has 0 aliphatic carbocycles. The van der Waals surface area contributed by atoms with Crippen LogP contribution in [0.2, 0.25) is 0 Å². The molecule has 3 N–H and O–H groups in total. The van der Waals surface area contributed by atoms with Gasteiger partial charge >= 0.3 is 5.97 Å². The molecular formula is C32H40N6O4. The standard InChI is InChI=1S/C32H40N6O4/c1-42-19-14-27-35-30-31(25-8-3-4-9-26(25)34-32(30)33)38(27)18-7-17-37(28(39)22-36-15-5-2-6-16-36)21-24-12-10-23(11-13-24)20-29(40)41/h3-4,8-13H,2,5-7,14-22H2,1H3,(H2,33,34)(H,40,41). The van der Waals surface area contributed by atoms with Crippen LogP contribution in [0.3, 0.4) is 0 Å². The number of imidazole rings is 1. The average molecular weight is 573 g/mol. The van der Waals surface area contributed by atoms with E-state index < -0.39 is 5.97 Å². The predicted octanol–water partition coefficient (Wildman–Crippen LogP) is 3.89. The highest BCUT2D eigenvalue weighted by Gasteiger charge is 2.21. The largest absolute Gasteiger partial charge is 0.481 e. The molecule has 4 aromatic rings. The molecule has 1 fully saturated rings. The number of carboxylic acid groups (broad SMARTS) is 1. The van der Waals surface area contributed by atoms with Crippen molar-refractivity contribution in [2.24, 2.45) is 0 Å². The molecule has 3 heterocycles. The minimum Gasteiger partial charge on any atom is -0.481 e. The number of nitrogens with two attached hydrogens (primary N) is 1. The Morgan fingerprint density at radius 1 is 1.02 bits per heavy atom. The number of ether oxygens (including phenoxy) is 1. The number of carbonyl (C=O) groups excluding carboxylic acids is 1. The number of fused-ring (bicyclic) bond motifs is 3. The first-order chi connectivity index (χ1) is 20.4. The van der Waals surface area contributed by atoms with Crippen LogP contribution in [0.4, 0.5) is 5.82 Å². The van der Waals surface area contributed by atoms with Gasteiger partial charge in [0.1, 0.15) is 11.3 Å². The number of pyridine rings is 1. The van der Waals surface area contributed by atoms with E-state index in [4.69, 9.17) is 20.6 Å². The summed E-state index contributed by atoms with van der Waals surface area (Å²) in [6, 6.07) is 15.5. The zero-order valence-corrected chi connectivity index (χ0v) is 24.3. The second-order valence-electron chi connectivity index (χ2n) is 11.0. The monoisotopic (exact) mass is 572 g/mol. The molecule has 222 valence electrons. The number of likely N-dealkylation sites (tertiary alicyclic amines) is 1. The van der Waals surface area contributed by atoms with Crippen LogP contribution in [0.15, 0.2) is 48.5 Å². The molecule has 1 saturated heterocycles. The minimum absolute atomic E-state index is 0.0170. The molecule has 2 aromatic carbocycles. The van der Waals surface area contributed by atoms with Crippen LogP contribution in [-0.2, 0) is 40.3 Å². The molecule has 0 atom stereocenters. The van der Waals surface area contributed by atoms with Crippen LogP contribution in [0, 0.1) is 0 Å². The number of piperidine rings is 1. The first-order valence-corrected chi connectivity index (χ1v) is 14.7. The maximum atomic E-state index is 13.6. The summed E-state index contributed by atoms with van der Waals surface area (Å²) in [6.45, 7) is 4.57. The van der Waals surface area contributed by atoms with Crippen LogP contribution >= 0.6 is 0 Å². The number of hydrogen-bond donors (Lipinski definition) is 2. The number of aliphatic carboxylic acids is 1. The van der Waals surface area contributed by atoms with E-state index in [1.807, 2.05) is 53.4 Å². The lowest BCUT2D eigenvalue weighted by molar-refractivity contribution is -0.136. The van der Waals surface area contributed by atoms with Gasteiger partial charge in [0.15, 0.2) is 5.82 Å². The first kappa shape index (κ1) is 29.5. The molecule has 5 rings (SSSR count). The zero-order valence-electron chi connectivity index (χ0n) is 24.3. The van der Waals surface area contributed by atoms with E-state index >= 15 is 0 Å².